The molecule has 0 atom stereocenters. The van der Waals surface area contributed by atoms with Gasteiger partial charge in [0.25, 0.3) is 0 Å². The maximum absolute atomic E-state index is 5.88. The molecule has 0 saturated heterocycles. The molecule has 0 fully saturated rings. The summed E-state index contributed by atoms with van der Waals surface area (Å²) in [5.41, 5.74) is 2.24. The molecular formula is C15H21ClIN5. The SMILES string of the molecule is CCNC(=NCc1cnn(C)c1)NCc1ccc(Cl)cc1.I. The summed E-state index contributed by atoms with van der Waals surface area (Å²) in [4.78, 5) is 4.54. The quantitative estimate of drug-likeness (QED) is 0.433. The Labute approximate surface area is 153 Å². The second-order valence-electron chi connectivity index (χ2n) is 4.70. The molecule has 0 aliphatic carbocycles. The first-order chi connectivity index (χ1) is 10.2. The molecule has 7 heteroatoms. The highest BCUT2D eigenvalue weighted by Gasteiger charge is 2.00. The molecule has 1 aromatic carbocycles. The maximum Gasteiger partial charge on any atom is 0.191 e. The van der Waals surface area contributed by atoms with E-state index in [9.17, 15) is 0 Å². The van der Waals surface area contributed by atoms with Gasteiger partial charge in [-0.25, -0.2) is 4.99 Å². The summed E-state index contributed by atoms with van der Waals surface area (Å²) in [6, 6.07) is 7.77. The number of nitrogens with zero attached hydrogens (tertiary/aromatic N) is 3. The van der Waals surface area contributed by atoms with Crippen molar-refractivity contribution < 1.29 is 0 Å². The third-order valence-electron chi connectivity index (χ3n) is 2.90. The Morgan fingerprint density at radius 2 is 1.95 bits per heavy atom. The van der Waals surface area contributed by atoms with Gasteiger partial charge in [-0.1, -0.05) is 23.7 Å². The highest BCUT2D eigenvalue weighted by Crippen LogP contribution is 2.09. The molecule has 0 spiro atoms. The third-order valence-corrected chi connectivity index (χ3v) is 3.15. The molecule has 5 nitrogen and oxygen atoms in total. The molecule has 0 aliphatic heterocycles. The number of rotatable bonds is 5. The van der Waals surface area contributed by atoms with Gasteiger partial charge in [0.05, 0.1) is 12.7 Å². The van der Waals surface area contributed by atoms with Crippen LogP contribution in [0.2, 0.25) is 5.02 Å². The van der Waals surface area contributed by atoms with E-state index in [0.29, 0.717) is 13.1 Å². The Balaban J connectivity index is 0.00000242. The van der Waals surface area contributed by atoms with Crippen molar-refractivity contribution in [2.45, 2.75) is 20.0 Å². The first-order valence-corrected chi connectivity index (χ1v) is 7.29. The van der Waals surface area contributed by atoms with Gasteiger partial charge in [0.2, 0.25) is 0 Å². The van der Waals surface area contributed by atoms with Crippen LogP contribution >= 0.6 is 35.6 Å². The van der Waals surface area contributed by atoms with Gasteiger partial charge < -0.3 is 10.6 Å². The lowest BCUT2D eigenvalue weighted by atomic mass is 10.2. The normalized spacial score (nSPS) is 11.0. The molecule has 1 aromatic heterocycles. The number of guanidine groups is 1. The molecule has 2 N–H and O–H groups in total. The van der Waals surface area contributed by atoms with Gasteiger partial charge in [-0.2, -0.15) is 5.10 Å². The van der Waals surface area contributed by atoms with Crippen LogP contribution in [0.25, 0.3) is 0 Å². The van der Waals surface area contributed by atoms with E-state index in [1.165, 1.54) is 0 Å². The molecule has 120 valence electrons. The summed E-state index contributed by atoms with van der Waals surface area (Å²) in [5.74, 6) is 0.788. The number of halogens is 2. The van der Waals surface area contributed by atoms with Gasteiger partial charge in [0.15, 0.2) is 5.96 Å². The van der Waals surface area contributed by atoms with Crippen LogP contribution in [0, 0.1) is 0 Å². The minimum Gasteiger partial charge on any atom is -0.357 e. The Morgan fingerprint density at radius 3 is 2.55 bits per heavy atom. The van der Waals surface area contributed by atoms with Crippen molar-refractivity contribution in [1.29, 1.82) is 0 Å². The number of benzene rings is 1. The predicted molar refractivity (Wildman–Crippen MR) is 102 cm³/mol. The van der Waals surface area contributed by atoms with Crippen molar-refractivity contribution in [3.8, 4) is 0 Å². The highest BCUT2D eigenvalue weighted by atomic mass is 127. The van der Waals surface area contributed by atoms with Gasteiger partial charge in [-0.05, 0) is 24.6 Å². The molecule has 1 heterocycles. The Bertz CT molecular complexity index is 594. The molecule has 0 radical (unpaired) electrons. The number of hydrogen-bond acceptors (Lipinski definition) is 2. The molecule has 2 aromatic rings. The number of hydrogen-bond donors (Lipinski definition) is 2. The minimum atomic E-state index is 0. The molecule has 0 saturated carbocycles. The van der Waals surface area contributed by atoms with Gasteiger partial charge in [0, 0.05) is 36.9 Å². The van der Waals surface area contributed by atoms with Crippen molar-refractivity contribution in [3.05, 3.63) is 52.8 Å². The lowest BCUT2D eigenvalue weighted by molar-refractivity contribution is 0.766. The van der Waals surface area contributed by atoms with Gasteiger partial charge >= 0.3 is 0 Å². The van der Waals surface area contributed by atoms with E-state index < -0.39 is 0 Å². The topological polar surface area (TPSA) is 54.2 Å². The standard InChI is InChI=1S/C15H20ClN5.HI/c1-3-17-15(19-9-13-10-20-21(2)11-13)18-8-12-4-6-14(16)7-5-12;/h4-7,10-11H,3,8-9H2,1-2H3,(H2,17,18,19);1H. The Kier molecular flexibility index (Phi) is 8.26. The molecule has 0 unspecified atom stereocenters. The zero-order valence-electron chi connectivity index (χ0n) is 12.7. The van der Waals surface area contributed by atoms with Crippen LogP contribution in [-0.4, -0.2) is 22.3 Å². The fourth-order valence-electron chi connectivity index (χ4n) is 1.85. The summed E-state index contributed by atoms with van der Waals surface area (Å²) in [5, 5.41) is 11.4. The van der Waals surface area contributed by atoms with Crippen LogP contribution < -0.4 is 10.6 Å². The number of aliphatic imine (C=N–C) groups is 1. The molecule has 2 rings (SSSR count). The summed E-state index contributed by atoms with van der Waals surface area (Å²) in [6.07, 6.45) is 3.79. The van der Waals surface area contributed by atoms with Crippen LogP contribution in [0.15, 0.2) is 41.7 Å². The fourth-order valence-corrected chi connectivity index (χ4v) is 1.98. The third kappa shape index (κ3) is 6.23. The van der Waals surface area contributed by atoms with E-state index in [-0.39, 0.29) is 24.0 Å². The average molecular weight is 434 g/mol. The van der Waals surface area contributed by atoms with Crippen LogP contribution in [0.4, 0.5) is 0 Å². The van der Waals surface area contributed by atoms with E-state index in [1.807, 2.05) is 50.6 Å². The van der Waals surface area contributed by atoms with Crippen molar-refractivity contribution in [1.82, 2.24) is 20.4 Å². The van der Waals surface area contributed by atoms with Crippen molar-refractivity contribution in [2.75, 3.05) is 6.54 Å². The first kappa shape index (κ1) is 18.8. The van der Waals surface area contributed by atoms with Crippen LogP contribution in [-0.2, 0) is 20.1 Å². The molecule has 0 bridgehead atoms. The monoisotopic (exact) mass is 433 g/mol. The largest absolute Gasteiger partial charge is 0.357 e. The second-order valence-corrected chi connectivity index (χ2v) is 5.13. The summed E-state index contributed by atoms with van der Waals surface area (Å²) in [7, 11) is 1.90. The minimum absolute atomic E-state index is 0. The van der Waals surface area contributed by atoms with Gasteiger partial charge in [-0.15, -0.1) is 24.0 Å². The Hall–Kier alpha value is -1.28. The highest BCUT2D eigenvalue weighted by molar-refractivity contribution is 14.0. The van der Waals surface area contributed by atoms with E-state index in [1.54, 1.807) is 4.68 Å². The summed E-state index contributed by atoms with van der Waals surface area (Å²) in [6.45, 7) is 4.17. The molecule has 0 amide bonds. The fraction of sp³-hybridized carbons (Fsp3) is 0.333. The van der Waals surface area contributed by atoms with Gasteiger partial charge in [-0.3, -0.25) is 4.68 Å². The van der Waals surface area contributed by atoms with Crippen LogP contribution in [0.1, 0.15) is 18.1 Å². The van der Waals surface area contributed by atoms with Crippen molar-refractivity contribution >= 4 is 41.5 Å². The van der Waals surface area contributed by atoms with E-state index >= 15 is 0 Å². The average Bonchev–Trinajstić information content (AvgIpc) is 2.89. The van der Waals surface area contributed by atoms with E-state index in [0.717, 1.165) is 28.7 Å². The van der Waals surface area contributed by atoms with Gasteiger partial charge in [0.1, 0.15) is 0 Å². The number of aromatic nitrogens is 2. The van der Waals surface area contributed by atoms with E-state index in [2.05, 4.69) is 20.7 Å². The van der Waals surface area contributed by atoms with Crippen molar-refractivity contribution in [3.63, 3.8) is 0 Å². The molecule has 0 aliphatic rings. The Morgan fingerprint density at radius 1 is 1.23 bits per heavy atom. The van der Waals surface area contributed by atoms with Crippen LogP contribution in [0.5, 0.6) is 0 Å². The first-order valence-electron chi connectivity index (χ1n) is 6.91. The van der Waals surface area contributed by atoms with E-state index in [4.69, 9.17) is 11.6 Å². The zero-order valence-corrected chi connectivity index (χ0v) is 15.8. The smallest absolute Gasteiger partial charge is 0.191 e. The number of nitrogens with one attached hydrogen (secondary N) is 2. The zero-order chi connectivity index (χ0) is 15.1. The lowest BCUT2D eigenvalue weighted by Crippen LogP contribution is -2.36. The number of aryl methyl sites for hydroxylation is 1. The summed E-state index contributed by atoms with van der Waals surface area (Å²) < 4.78 is 1.78. The lowest BCUT2D eigenvalue weighted by Gasteiger charge is -2.11. The summed E-state index contributed by atoms with van der Waals surface area (Å²) >= 11 is 5.88. The van der Waals surface area contributed by atoms with Crippen LogP contribution in [0.3, 0.4) is 0 Å². The van der Waals surface area contributed by atoms with Crippen molar-refractivity contribution in [2.24, 2.45) is 12.0 Å². The molecule has 22 heavy (non-hydrogen) atoms. The second kappa shape index (κ2) is 9.68. The maximum atomic E-state index is 5.88. The predicted octanol–water partition coefficient (Wildman–Crippen LogP) is 2.95. The molecular weight excluding hydrogens is 413 g/mol.